The van der Waals surface area contributed by atoms with Gasteiger partial charge in [-0.15, -0.1) is 0 Å². The number of benzene rings is 1. The molecule has 92 valence electrons. The molecule has 1 aliphatic heterocycles. The number of anilines is 1. The molecule has 1 aliphatic rings. The Hall–Kier alpha value is -2.30. The number of ether oxygens (including phenoxy) is 1. The van der Waals surface area contributed by atoms with Crippen LogP contribution in [0.15, 0.2) is 35.3 Å². The lowest BCUT2D eigenvalue weighted by atomic mass is 10.0. The van der Waals surface area contributed by atoms with Crippen molar-refractivity contribution in [1.82, 2.24) is 9.78 Å². The third-order valence-corrected chi connectivity index (χ3v) is 2.93. The Morgan fingerprint density at radius 2 is 2.06 bits per heavy atom. The molecule has 0 aliphatic carbocycles. The highest BCUT2D eigenvalue weighted by Gasteiger charge is 2.17. The van der Waals surface area contributed by atoms with Crippen molar-refractivity contribution in [2.75, 3.05) is 18.9 Å². The van der Waals surface area contributed by atoms with E-state index in [0.29, 0.717) is 24.9 Å². The van der Waals surface area contributed by atoms with Gasteiger partial charge in [0.1, 0.15) is 12.4 Å². The van der Waals surface area contributed by atoms with Crippen LogP contribution in [0.5, 0.6) is 0 Å². The molecule has 0 saturated carbocycles. The Labute approximate surface area is 105 Å². The van der Waals surface area contributed by atoms with Crippen LogP contribution < -0.4 is 5.73 Å². The lowest BCUT2D eigenvalue weighted by Crippen LogP contribution is -2.03. The summed E-state index contributed by atoms with van der Waals surface area (Å²) in [5.74, 6) is 1.32. The lowest BCUT2D eigenvalue weighted by Gasteiger charge is -2.06. The number of hydrogen-bond acceptors (Lipinski definition) is 4. The molecule has 1 aromatic carbocycles. The fraction of sp³-hybridized carbons (Fsp3) is 0.231. The molecule has 1 aromatic heterocycles. The molecule has 18 heavy (non-hydrogen) atoms. The number of aliphatic imine (C=N–C) groups is 1. The standard InChI is InChI=1S/C13H14N4O/c1-17-12(14)8-11(16-17)9-4-2-3-5-10(9)13-15-6-7-18-13/h2-5,8H,6-7,14H2,1H3. The van der Waals surface area contributed by atoms with Crippen LogP contribution in [0.1, 0.15) is 5.56 Å². The summed E-state index contributed by atoms with van der Waals surface area (Å²) in [6.45, 7) is 1.36. The number of aromatic nitrogens is 2. The second-order valence-corrected chi connectivity index (χ2v) is 4.16. The molecule has 2 aromatic rings. The first kappa shape index (κ1) is 10.8. The predicted octanol–water partition coefficient (Wildman–Crippen LogP) is 1.45. The summed E-state index contributed by atoms with van der Waals surface area (Å²) in [6, 6.07) is 9.79. The van der Waals surface area contributed by atoms with Gasteiger partial charge in [0.15, 0.2) is 0 Å². The summed E-state index contributed by atoms with van der Waals surface area (Å²) in [4.78, 5) is 4.35. The van der Waals surface area contributed by atoms with Crippen LogP contribution in [0.4, 0.5) is 5.82 Å². The van der Waals surface area contributed by atoms with E-state index in [1.807, 2.05) is 37.4 Å². The summed E-state index contributed by atoms with van der Waals surface area (Å²) in [6.07, 6.45) is 0. The quantitative estimate of drug-likeness (QED) is 0.866. The maximum atomic E-state index is 5.82. The number of aryl methyl sites for hydroxylation is 1. The van der Waals surface area contributed by atoms with E-state index in [1.165, 1.54) is 0 Å². The SMILES string of the molecule is Cn1nc(-c2ccccc2C2=NCCO2)cc1N. The molecule has 0 spiro atoms. The summed E-state index contributed by atoms with van der Waals surface area (Å²) in [5, 5.41) is 4.39. The Balaban J connectivity index is 2.11. The van der Waals surface area contributed by atoms with Crippen molar-refractivity contribution in [2.24, 2.45) is 12.0 Å². The highest BCUT2D eigenvalue weighted by atomic mass is 16.5. The third-order valence-electron chi connectivity index (χ3n) is 2.93. The molecule has 0 saturated heterocycles. The molecule has 5 nitrogen and oxygen atoms in total. The van der Waals surface area contributed by atoms with Gasteiger partial charge in [-0.2, -0.15) is 5.10 Å². The van der Waals surface area contributed by atoms with Crippen molar-refractivity contribution in [3.05, 3.63) is 35.9 Å². The zero-order chi connectivity index (χ0) is 12.5. The molecule has 3 rings (SSSR count). The van der Waals surface area contributed by atoms with Crippen molar-refractivity contribution in [3.8, 4) is 11.3 Å². The smallest absolute Gasteiger partial charge is 0.216 e. The molecule has 0 bridgehead atoms. The van der Waals surface area contributed by atoms with Crippen molar-refractivity contribution < 1.29 is 4.74 Å². The van der Waals surface area contributed by atoms with Gasteiger partial charge < -0.3 is 10.5 Å². The molecular weight excluding hydrogens is 228 g/mol. The molecule has 2 heterocycles. The second kappa shape index (κ2) is 4.18. The topological polar surface area (TPSA) is 65.4 Å². The van der Waals surface area contributed by atoms with Crippen LogP contribution in [0.25, 0.3) is 11.3 Å². The summed E-state index contributed by atoms with van der Waals surface area (Å²) in [5.41, 5.74) is 8.61. The van der Waals surface area contributed by atoms with E-state index in [1.54, 1.807) is 4.68 Å². The van der Waals surface area contributed by atoms with Gasteiger partial charge in [0.2, 0.25) is 5.90 Å². The van der Waals surface area contributed by atoms with E-state index in [4.69, 9.17) is 10.5 Å². The number of nitrogens with zero attached hydrogens (tertiary/aromatic N) is 3. The second-order valence-electron chi connectivity index (χ2n) is 4.16. The van der Waals surface area contributed by atoms with Crippen LogP contribution in [0.2, 0.25) is 0 Å². The molecule has 0 atom stereocenters. The monoisotopic (exact) mass is 242 g/mol. The third kappa shape index (κ3) is 1.73. The first-order chi connectivity index (χ1) is 8.75. The Bertz CT molecular complexity index is 596. The zero-order valence-corrected chi connectivity index (χ0v) is 10.1. The molecule has 0 radical (unpaired) electrons. The van der Waals surface area contributed by atoms with Gasteiger partial charge in [-0.05, 0) is 6.07 Å². The van der Waals surface area contributed by atoms with Crippen LogP contribution in [-0.2, 0) is 11.8 Å². The summed E-state index contributed by atoms with van der Waals surface area (Å²) >= 11 is 0. The van der Waals surface area contributed by atoms with E-state index in [2.05, 4.69) is 10.1 Å². The maximum Gasteiger partial charge on any atom is 0.216 e. The molecule has 0 amide bonds. The normalized spacial score (nSPS) is 14.4. The van der Waals surface area contributed by atoms with E-state index in [9.17, 15) is 0 Å². The highest BCUT2D eigenvalue weighted by Crippen LogP contribution is 2.25. The van der Waals surface area contributed by atoms with E-state index >= 15 is 0 Å². The number of nitrogen functional groups attached to an aromatic ring is 1. The molecule has 5 heteroatoms. The minimum Gasteiger partial charge on any atom is -0.475 e. The van der Waals surface area contributed by atoms with Gasteiger partial charge in [0.25, 0.3) is 0 Å². The average Bonchev–Trinajstić information content (AvgIpc) is 3.01. The summed E-state index contributed by atoms with van der Waals surface area (Å²) < 4.78 is 7.18. The van der Waals surface area contributed by atoms with Crippen LogP contribution in [0.3, 0.4) is 0 Å². The molecule has 0 fully saturated rings. The molecule has 0 unspecified atom stereocenters. The van der Waals surface area contributed by atoms with Gasteiger partial charge in [0.05, 0.1) is 12.2 Å². The van der Waals surface area contributed by atoms with Gasteiger partial charge in [-0.3, -0.25) is 4.68 Å². The minimum absolute atomic E-state index is 0.633. The van der Waals surface area contributed by atoms with Crippen LogP contribution in [-0.4, -0.2) is 28.8 Å². The van der Waals surface area contributed by atoms with E-state index < -0.39 is 0 Å². The van der Waals surface area contributed by atoms with Crippen molar-refractivity contribution in [2.45, 2.75) is 0 Å². The van der Waals surface area contributed by atoms with Gasteiger partial charge in [-0.1, -0.05) is 18.2 Å². The summed E-state index contributed by atoms with van der Waals surface area (Å²) in [7, 11) is 1.82. The molecular formula is C13H14N4O. The predicted molar refractivity (Wildman–Crippen MR) is 70.4 cm³/mol. The Kier molecular flexibility index (Phi) is 2.51. The highest BCUT2D eigenvalue weighted by molar-refractivity contribution is 6.01. The fourth-order valence-electron chi connectivity index (χ4n) is 2.00. The number of rotatable bonds is 2. The van der Waals surface area contributed by atoms with Gasteiger partial charge in [0, 0.05) is 24.2 Å². The van der Waals surface area contributed by atoms with Gasteiger partial charge >= 0.3 is 0 Å². The average molecular weight is 242 g/mol. The van der Waals surface area contributed by atoms with E-state index in [0.717, 1.165) is 16.8 Å². The maximum absolute atomic E-state index is 5.82. The number of nitrogens with two attached hydrogens (primary N) is 1. The fourth-order valence-corrected chi connectivity index (χ4v) is 2.00. The lowest BCUT2D eigenvalue weighted by molar-refractivity contribution is 0.348. The van der Waals surface area contributed by atoms with Crippen LogP contribution in [0, 0.1) is 0 Å². The Morgan fingerprint density at radius 1 is 1.28 bits per heavy atom. The zero-order valence-electron chi connectivity index (χ0n) is 10.1. The van der Waals surface area contributed by atoms with Crippen LogP contribution >= 0.6 is 0 Å². The molecule has 2 N–H and O–H groups in total. The van der Waals surface area contributed by atoms with E-state index in [-0.39, 0.29) is 0 Å². The van der Waals surface area contributed by atoms with Crippen molar-refractivity contribution in [3.63, 3.8) is 0 Å². The first-order valence-electron chi connectivity index (χ1n) is 5.82. The van der Waals surface area contributed by atoms with Gasteiger partial charge in [-0.25, -0.2) is 4.99 Å². The number of hydrogen-bond donors (Lipinski definition) is 1. The first-order valence-corrected chi connectivity index (χ1v) is 5.82. The Morgan fingerprint density at radius 3 is 2.67 bits per heavy atom. The minimum atomic E-state index is 0.633. The van der Waals surface area contributed by atoms with Crippen molar-refractivity contribution in [1.29, 1.82) is 0 Å². The largest absolute Gasteiger partial charge is 0.475 e. The van der Waals surface area contributed by atoms with Crippen molar-refractivity contribution >= 4 is 11.7 Å².